The Balaban J connectivity index is 2.49. The Hall–Kier alpha value is -1.15. The van der Waals surface area contributed by atoms with Gasteiger partial charge < -0.3 is 14.8 Å². The molecule has 0 atom stereocenters. The summed E-state index contributed by atoms with van der Waals surface area (Å²) in [4.78, 5) is 0.214. The first-order valence-corrected chi connectivity index (χ1v) is 8.39. The Bertz CT molecular complexity index is 500. The van der Waals surface area contributed by atoms with E-state index in [0.717, 1.165) is 6.54 Å². The molecule has 6 nitrogen and oxygen atoms in total. The quantitative estimate of drug-likeness (QED) is 0.630. The van der Waals surface area contributed by atoms with Crippen molar-refractivity contribution >= 4 is 10.0 Å². The molecule has 0 bridgehead atoms. The number of ether oxygens (including phenoxy) is 2. The molecular weight excluding hydrogens is 292 g/mol. The van der Waals surface area contributed by atoms with E-state index in [-0.39, 0.29) is 11.4 Å². The summed E-state index contributed by atoms with van der Waals surface area (Å²) >= 11 is 0. The predicted molar refractivity (Wildman–Crippen MR) is 82.1 cm³/mol. The maximum absolute atomic E-state index is 11.9. The Labute approximate surface area is 126 Å². The van der Waals surface area contributed by atoms with Crippen LogP contribution in [0.1, 0.15) is 13.8 Å². The number of methoxy groups -OCH3 is 1. The number of benzene rings is 1. The van der Waals surface area contributed by atoms with E-state index in [9.17, 15) is 8.42 Å². The Kier molecular flexibility index (Phi) is 7.66. The highest BCUT2D eigenvalue weighted by Gasteiger charge is 2.12. The highest BCUT2D eigenvalue weighted by atomic mass is 32.2. The summed E-state index contributed by atoms with van der Waals surface area (Å²) in [5, 5.41) is 3.24. The van der Waals surface area contributed by atoms with E-state index in [2.05, 4.69) is 23.9 Å². The van der Waals surface area contributed by atoms with Gasteiger partial charge >= 0.3 is 0 Å². The summed E-state index contributed by atoms with van der Waals surface area (Å²) < 4.78 is 36.7. The summed E-state index contributed by atoms with van der Waals surface area (Å²) in [6.07, 6.45) is 0. The van der Waals surface area contributed by atoms with Crippen LogP contribution >= 0.6 is 0 Å². The fourth-order valence-corrected chi connectivity index (χ4v) is 2.61. The highest BCUT2D eigenvalue weighted by molar-refractivity contribution is 7.89. The lowest BCUT2D eigenvalue weighted by Gasteiger charge is -2.10. The Morgan fingerprint density at radius 3 is 2.33 bits per heavy atom. The zero-order valence-electron chi connectivity index (χ0n) is 12.8. The van der Waals surface area contributed by atoms with E-state index in [0.29, 0.717) is 25.0 Å². The molecule has 21 heavy (non-hydrogen) atoms. The largest absolute Gasteiger partial charge is 0.492 e. The lowest BCUT2D eigenvalue weighted by molar-refractivity contribution is 0.204. The molecule has 0 aliphatic rings. The van der Waals surface area contributed by atoms with Crippen molar-refractivity contribution in [1.82, 2.24) is 10.0 Å². The molecule has 0 spiro atoms. The lowest BCUT2D eigenvalue weighted by Crippen LogP contribution is -2.27. The maximum atomic E-state index is 11.9. The van der Waals surface area contributed by atoms with Gasteiger partial charge in [0.2, 0.25) is 10.0 Å². The first kappa shape index (κ1) is 17.9. The molecule has 2 N–H and O–H groups in total. The van der Waals surface area contributed by atoms with Crippen LogP contribution in [0.4, 0.5) is 0 Å². The van der Waals surface area contributed by atoms with Gasteiger partial charge in [-0.3, -0.25) is 0 Å². The minimum absolute atomic E-state index is 0.214. The van der Waals surface area contributed by atoms with Gasteiger partial charge in [-0.05, 0) is 24.3 Å². The predicted octanol–water partition coefficient (Wildman–Crippen LogP) is 0.988. The van der Waals surface area contributed by atoms with Gasteiger partial charge in [0, 0.05) is 26.2 Å². The third-order valence-electron chi connectivity index (χ3n) is 2.66. The van der Waals surface area contributed by atoms with E-state index in [4.69, 9.17) is 9.47 Å². The van der Waals surface area contributed by atoms with Crippen molar-refractivity contribution in [3.63, 3.8) is 0 Å². The average Bonchev–Trinajstić information content (AvgIpc) is 2.44. The minimum Gasteiger partial charge on any atom is -0.492 e. The lowest BCUT2D eigenvalue weighted by atomic mass is 10.3. The van der Waals surface area contributed by atoms with Gasteiger partial charge in [0.1, 0.15) is 12.4 Å². The number of nitrogens with one attached hydrogen (secondary N) is 2. The first-order valence-electron chi connectivity index (χ1n) is 6.90. The maximum Gasteiger partial charge on any atom is 0.240 e. The van der Waals surface area contributed by atoms with Gasteiger partial charge in [0.25, 0.3) is 0 Å². The standard InChI is InChI=1S/C14H24N2O4S/c1-12(2)15-8-11-20-13-4-6-14(7-5-13)21(17,18)16-9-10-19-3/h4-7,12,15-16H,8-11H2,1-3H3. The molecule has 0 radical (unpaired) electrons. The van der Waals surface area contributed by atoms with Crippen LogP contribution in [0.15, 0.2) is 29.2 Å². The second-order valence-electron chi connectivity index (χ2n) is 4.82. The van der Waals surface area contributed by atoms with Crippen LogP contribution in [0.3, 0.4) is 0 Å². The smallest absolute Gasteiger partial charge is 0.240 e. The van der Waals surface area contributed by atoms with Gasteiger partial charge in [0.05, 0.1) is 11.5 Å². The van der Waals surface area contributed by atoms with Crippen LogP contribution in [0.5, 0.6) is 5.75 Å². The van der Waals surface area contributed by atoms with E-state index < -0.39 is 10.0 Å². The number of rotatable bonds is 10. The van der Waals surface area contributed by atoms with Crippen LogP contribution in [-0.2, 0) is 14.8 Å². The van der Waals surface area contributed by atoms with E-state index in [1.807, 2.05) is 0 Å². The first-order chi connectivity index (χ1) is 9.95. The molecule has 0 heterocycles. The van der Waals surface area contributed by atoms with Crippen molar-refractivity contribution in [2.75, 3.05) is 33.4 Å². The minimum atomic E-state index is -3.48. The summed E-state index contributed by atoms with van der Waals surface area (Å²) in [5.41, 5.74) is 0. The van der Waals surface area contributed by atoms with Crippen molar-refractivity contribution in [1.29, 1.82) is 0 Å². The van der Waals surface area contributed by atoms with Crippen molar-refractivity contribution < 1.29 is 17.9 Å². The van der Waals surface area contributed by atoms with E-state index in [1.54, 1.807) is 12.1 Å². The van der Waals surface area contributed by atoms with Crippen molar-refractivity contribution in [2.45, 2.75) is 24.8 Å². The van der Waals surface area contributed by atoms with Gasteiger partial charge in [-0.25, -0.2) is 13.1 Å². The molecule has 1 aromatic carbocycles. The SMILES string of the molecule is COCCNS(=O)(=O)c1ccc(OCCNC(C)C)cc1. The highest BCUT2D eigenvalue weighted by Crippen LogP contribution is 2.15. The van der Waals surface area contributed by atoms with Crippen LogP contribution in [0.25, 0.3) is 0 Å². The van der Waals surface area contributed by atoms with Gasteiger partial charge in [-0.1, -0.05) is 13.8 Å². The second kappa shape index (κ2) is 8.99. The molecule has 1 rings (SSSR count). The molecule has 0 fully saturated rings. The number of hydrogen-bond donors (Lipinski definition) is 2. The van der Waals surface area contributed by atoms with Gasteiger partial charge in [-0.15, -0.1) is 0 Å². The Morgan fingerprint density at radius 2 is 1.76 bits per heavy atom. The topological polar surface area (TPSA) is 76.7 Å². The van der Waals surface area contributed by atoms with Crippen molar-refractivity contribution in [3.8, 4) is 5.75 Å². The second-order valence-corrected chi connectivity index (χ2v) is 6.59. The van der Waals surface area contributed by atoms with Gasteiger partial charge in [-0.2, -0.15) is 0 Å². The molecule has 0 aliphatic heterocycles. The fraction of sp³-hybridized carbons (Fsp3) is 0.571. The van der Waals surface area contributed by atoms with Crippen LogP contribution in [0, 0.1) is 0 Å². The van der Waals surface area contributed by atoms with Crippen LogP contribution in [-0.4, -0.2) is 47.9 Å². The van der Waals surface area contributed by atoms with E-state index >= 15 is 0 Å². The average molecular weight is 316 g/mol. The molecule has 120 valence electrons. The molecular formula is C14H24N2O4S. The molecule has 7 heteroatoms. The van der Waals surface area contributed by atoms with Crippen LogP contribution < -0.4 is 14.8 Å². The third kappa shape index (κ3) is 6.90. The molecule has 0 saturated carbocycles. The monoisotopic (exact) mass is 316 g/mol. The molecule has 1 aromatic rings. The third-order valence-corrected chi connectivity index (χ3v) is 4.13. The zero-order valence-corrected chi connectivity index (χ0v) is 13.6. The number of hydrogen-bond acceptors (Lipinski definition) is 5. The summed E-state index contributed by atoms with van der Waals surface area (Å²) in [5.74, 6) is 0.649. The van der Waals surface area contributed by atoms with Crippen molar-refractivity contribution in [2.24, 2.45) is 0 Å². The molecule has 0 aliphatic carbocycles. The Morgan fingerprint density at radius 1 is 1.10 bits per heavy atom. The normalized spacial score (nSPS) is 11.8. The van der Waals surface area contributed by atoms with Crippen LogP contribution in [0.2, 0.25) is 0 Å². The molecule has 0 aromatic heterocycles. The van der Waals surface area contributed by atoms with Gasteiger partial charge in [0.15, 0.2) is 0 Å². The molecule has 0 amide bonds. The van der Waals surface area contributed by atoms with E-state index in [1.165, 1.54) is 19.2 Å². The summed E-state index contributed by atoms with van der Waals surface area (Å²) in [6, 6.07) is 6.78. The molecule has 0 saturated heterocycles. The summed E-state index contributed by atoms with van der Waals surface area (Å²) in [6.45, 7) is 6.00. The summed E-state index contributed by atoms with van der Waals surface area (Å²) in [7, 11) is -1.96. The number of sulfonamides is 1. The fourth-order valence-electron chi connectivity index (χ4n) is 1.59. The van der Waals surface area contributed by atoms with Crippen molar-refractivity contribution in [3.05, 3.63) is 24.3 Å². The molecule has 0 unspecified atom stereocenters. The zero-order chi connectivity index (χ0) is 15.7.